The van der Waals surface area contributed by atoms with Gasteiger partial charge in [0, 0.05) is 17.0 Å². The first-order valence-electron chi connectivity index (χ1n) is 7.09. The van der Waals surface area contributed by atoms with Crippen molar-refractivity contribution in [1.29, 1.82) is 0 Å². The van der Waals surface area contributed by atoms with E-state index in [2.05, 4.69) is 37.8 Å². The molecule has 0 aliphatic heterocycles. The van der Waals surface area contributed by atoms with E-state index in [1.54, 1.807) is 0 Å². The van der Waals surface area contributed by atoms with E-state index in [1.165, 1.54) is 50.8 Å². The van der Waals surface area contributed by atoms with Crippen LogP contribution in [-0.4, -0.2) is 23.6 Å². The SMILES string of the molecule is CCCNC(CSC1CCCCC1)C(C)C. The van der Waals surface area contributed by atoms with Crippen LogP contribution in [0.1, 0.15) is 59.3 Å². The van der Waals surface area contributed by atoms with Gasteiger partial charge in [-0.2, -0.15) is 11.8 Å². The molecule has 1 atom stereocenters. The molecule has 96 valence electrons. The van der Waals surface area contributed by atoms with Crippen molar-refractivity contribution in [2.24, 2.45) is 5.92 Å². The summed E-state index contributed by atoms with van der Waals surface area (Å²) in [4.78, 5) is 0. The molecule has 0 aromatic rings. The van der Waals surface area contributed by atoms with Crippen LogP contribution in [0.5, 0.6) is 0 Å². The van der Waals surface area contributed by atoms with Gasteiger partial charge in [-0.15, -0.1) is 0 Å². The molecule has 1 saturated carbocycles. The summed E-state index contributed by atoms with van der Waals surface area (Å²) in [7, 11) is 0. The topological polar surface area (TPSA) is 12.0 Å². The fourth-order valence-corrected chi connectivity index (χ4v) is 3.94. The van der Waals surface area contributed by atoms with E-state index in [4.69, 9.17) is 0 Å². The molecule has 0 spiro atoms. The fourth-order valence-electron chi connectivity index (χ4n) is 2.29. The summed E-state index contributed by atoms with van der Waals surface area (Å²) in [6.07, 6.45) is 8.57. The molecule has 1 N–H and O–H groups in total. The third-order valence-corrected chi connectivity index (χ3v) is 5.02. The van der Waals surface area contributed by atoms with E-state index < -0.39 is 0 Å². The first-order chi connectivity index (χ1) is 7.74. The summed E-state index contributed by atoms with van der Waals surface area (Å²) in [5.74, 6) is 2.07. The van der Waals surface area contributed by atoms with Crippen LogP contribution < -0.4 is 5.32 Å². The number of hydrogen-bond donors (Lipinski definition) is 1. The molecular weight excluding hydrogens is 214 g/mol. The zero-order valence-corrected chi connectivity index (χ0v) is 12.1. The van der Waals surface area contributed by atoms with Crippen LogP contribution in [-0.2, 0) is 0 Å². The summed E-state index contributed by atoms with van der Waals surface area (Å²) in [6, 6.07) is 0.715. The van der Waals surface area contributed by atoms with E-state index in [9.17, 15) is 0 Å². The molecule has 1 unspecified atom stereocenters. The zero-order valence-electron chi connectivity index (χ0n) is 11.3. The summed E-state index contributed by atoms with van der Waals surface area (Å²) in [5, 5.41) is 4.64. The summed E-state index contributed by atoms with van der Waals surface area (Å²) < 4.78 is 0. The minimum absolute atomic E-state index is 0.715. The maximum atomic E-state index is 3.69. The molecule has 1 nitrogen and oxygen atoms in total. The molecule has 1 aliphatic carbocycles. The van der Waals surface area contributed by atoms with Gasteiger partial charge in [-0.3, -0.25) is 0 Å². The second-order valence-corrected chi connectivity index (χ2v) is 6.73. The minimum atomic E-state index is 0.715. The number of rotatable bonds is 7. The first-order valence-corrected chi connectivity index (χ1v) is 8.14. The molecule has 0 bridgehead atoms. The van der Waals surface area contributed by atoms with Gasteiger partial charge >= 0.3 is 0 Å². The van der Waals surface area contributed by atoms with Crippen LogP contribution in [0.25, 0.3) is 0 Å². The molecule has 16 heavy (non-hydrogen) atoms. The van der Waals surface area contributed by atoms with Crippen molar-refractivity contribution >= 4 is 11.8 Å². The van der Waals surface area contributed by atoms with E-state index in [0.29, 0.717) is 6.04 Å². The fraction of sp³-hybridized carbons (Fsp3) is 1.00. The van der Waals surface area contributed by atoms with Gasteiger partial charge in [0.25, 0.3) is 0 Å². The van der Waals surface area contributed by atoms with Gasteiger partial charge in [0.2, 0.25) is 0 Å². The van der Waals surface area contributed by atoms with Gasteiger partial charge in [-0.05, 0) is 31.7 Å². The van der Waals surface area contributed by atoms with E-state index in [1.807, 2.05) is 0 Å². The lowest BCUT2D eigenvalue weighted by atomic mass is 10.0. The zero-order chi connectivity index (χ0) is 11.8. The maximum absolute atomic E-state index is 3.69. The summed E-state index contributed by atoms with van der Waals surface area (Å²) in [5.41, 5.74) is 0. The molecule has 0 radical (unpaired) electrons. The Morgan fingerprint density at radius 1 is 1.19 bits per heavy atom. The Morgan fingerprint density at radius 3 is 2.44 bits per heavy atom. The highest BCUT2D eigenvalue weighted by atomic mass is 32.2. The molecule has 0 heterocycles. The Morgan fingerprint density at radius 2 is 1.88 bits per heavy atom. The highest BCUT2D eigenvalue weighted by Crippen LogP contribution is 2.29. The standard InChI is InChI=1S/C14H29NS/c1-4-10-15-14(12(2)3)11-16-13-8-6-5-7-9-13/h12-15H,4-11H2,1-3H3. The molecule has 0 saturated heterocycles. The van der Waals surface area contributed by atoms with Crippen molar-refractivity contribution in [1.82, 2.24) is 5.32 Å². The van der Waals surface area contributed by atoms with Crippen molar-refractivity contribution in [3.05, 3.63) is 0 Å². The Hall–Kier alpha value is 0.310. The smallest absolute Gasteiger partial charge is 0.0181 e. The maximum Gasteiger partial charge on any atom is 0.0181 e. The molecule has 0 amide bonds. The second kappa shape index (κ2) is 8.41. The Labute approximate surface area is 106 Å². The normalized spacial score (nSPS) is 20.2. The third-order valence-electron chi connectivity index (χ3n) is 3.52. The number of hydrogen-bond acceptors (Lipinski definition) is 2. The van der Waals surface area contributed by atoms with Gasteiger partial charge in [0.1, 0.15) is 0 Å². The number of thioether (sulfide) groups is 1. The van der Waals surface area contributed by atoms with E-state index in [-0.39, 0.29) is 0 Å². The van der Waals surface area contributed by atoms with Crippen molar-refractivity contribution in [2.45, 2.75) is 70.6 Å². The molecule has 0 aromatic carbocycles. The number of nitrogens with one attached hydrogen (secondary N) is 1. The van der Waals surface area contributed by atoms with Crippen LogP contribution in [0, 0.1) is 5.92 Å². The Balaban J connectivity index is 2.19. The average Bonchev–Trinajstić information content (AvgIpc) is 2.30. The van der Waals surface area contributed by atoms with Crippen molar-refractivity contribution in [3.8, 4) is 0 Å². The average molecular weight is 243 g/mol. The van der Waals surface area contributed by atoms with Gasteiger partial charge in [-0.1, -0.05) is 40.0 Å². The van der Waals surface area contributed by atoms with E-state index >= 15 is 0 Å². The van der Waals surface area contributed by atoms with Crippen molar-refractivity contribution in [3.63, 3.8) is 0 Å². The van der Waals surface area contributed by atoms with Crippen LogP contribution in [0.15, 0.2) is 0 Å². The van der Waals surface area contributed by atoms with E-state index in [0.717, 1.165) is 11.2 Å². The lowest BCUT2D eigenvalue weighted by Crippen LogP contribution is -2.37. The largest absolute Gasteiger partial charge is 0.313 e. The lowest BCUT2D eigenvalue weighted by Gasteiger charge is -2.26. The van der Waals surface area contributed by atoms with Crippen molar-refractivity contribution < 1.29 is 0 Å². The predicted molar refractivity (Wildman–Crippen MR) is 76.3 cm³/mol. The van der Waals surface area contributed by atoms with Gasteiger partial charge in [0.05, 0.1) is 0 Å². The Kier molecular flexibility index (Phi) is 7.55. The van der Waals surface area contributed by atoms with Gasteiger partial charge in [-0.25, -0.2) is 0 Å². The minimum Gasteiger partial charge on any atom is -0.313 e. The highest BCUT2D eigenvalue weighted by Gasteiger charge is 2.18. The third kappa shape index (κ3) is 5.58. The molecule has 1 aliphatic rings. The lowest BCUT2D eigenvalue weighted by molar-refractivity contribution is 0.432. The molecule has 2 heteroatoms. The summed E-state index contributed by atoms with van der Waals surface area (Å²) in [6.45, 7) is 8.11. The highest BCUT2D eigenvalue weighted by molar-refractivity contribution is 7.99. The summed E-state index contributed by atoms with van der Waals surface area (Å²) >= 11 is 2.22. The molecule has 1 fully saturated rings. The van der Waals surface area contributed by atoms with Gasteiger partial charge < -0.3 is 5.32 Å². The van der Waals surface area contributed by atoms with Crippen LogP contribution in [0.2, 0.25) is 0 Å². The first kappa shape index (κ1) is 14.4. The van der Waals surface area contributed by atoms with Crippen LogP contribution in [0.4, 0.5) is 0 Å². The van der Waals surface area contributed by atoms with Crippen LogP contribution in [0.3, 0.4) is 0 Å². The molecular formula is C14H29NS. The Bertz CT molecular complexity index is 164. The quantitative estimate of drug-likeness (QED) is 0.723. The predicted octanol–water partition coefficient (Wildman–Crippen LogP) is 4.08. The van der Waals surface area contributed by atoms with Crippen molar-refractivity contribution in [2.75, 3.05) is 12.3 Å². The van der Waals surface area contributed by atoms with Gasteiger partial charge in [0.15, 0.2) is 0 Å². The van der Waals surface area contributed by atoms with Crippen LogP contribution >= 0.6 is 11.8 Å². The molecule has 1 rings (SSSR count). The molecule has 0 aromatic heterocycles. The second-order valence-electron chi connectivity index (χ2n) is 5.40. The monoisotopic (exact) mass is 243 g/mol.